The molecular weight excluding hydrogens is 452 g/mol. The standard InChI is InChI=1S/C35H38O2/c1-3-35(4-2)33-12-8-7-11-31(33)32-22-19-29(25-34(32)35)28-15-13-26(14-16-28)27-17-20-30(21-18-27)37-24-10-6-5-9-23-36/h7-8,11-22,25,36H,3-6,9-10,23-24H2,1-2H3. The van der Waals surface area contributed by atoms with Crippen molar-refractivity contribution in [2.45, 2.75) is 57.8 Å². The zero-order chi connectivity index (χ0) is 25.7. The number of unbranched alkanes of at least 4 members (excludes halogenated alkanes) is 3. The van der Waals surface area contributed by atoms with E-state index in [-0.39, 0.29) is 12.0 Å². The minimum Gasteiger partial charge on any atom is -0.494 e. The molecule has 2 heteroatoms. The lowest BCUT2D eigenvalue weighted by Gasteiger charge is -2.30. The predicted octanol–water partition coefficient (Wildman–Crippen LogP) is 9.04. The zero-order valence-electron chi connectivity index (χ0n) is 22.2. The second kappa shape index (κ2) is 11.4. The molecule has 0 aromatic heterocycles. The summed E-state index contributed by atoms with van der Waals surface area (Å²) in [6, 6.07) is 33.3. The van der Waals surface area contributed by atoms with Crippen molar-refractivity contribution in [3.63, 3.8) is 0 Å². The Morgan fingerprint density at radius 1 is 0.595 bits per heavy atom. The molecule has 0 unspecified atom stereocenters. The van der Waals surface area contributed by atoms with E-state index in [1.54, 1.807) is 0 Å². The van der Waals surface area contributed by atoms with Gasteiger partial charge in [0, 0.05) is 12.0 Å². The molecule has 1 aliphatic rings. The molecule has 0 atom stereocenters. The second-order valence-corrected chi connectivity index (χ2v) is 10.2. The molecule has 5 rings (SSSR count). The van der Waals surface area contributed by atoms with Gasteiger partial charge in [0.2, 0.25) is 0 Å². The summed E-state index contributed by atoms with van der Waals surface area (Å²) >= 11 is 0. The Bertz CT molecular complexity index is 1310. The highest BCUT2D eigenvalue weighted by Gasteiger charge is 2.40. The van der Waals surface area contributed by atoms with Crippen molar-refractivity contribution in [1.29, 1.82) is 0 Å². The molecule has 0 spiro atoms. The summed E-state index contributed by atoms with van der Waals surface area (Å²) in [6.07, 6.45) is 6.28. The number of fused-ring (bicyclic) bond motifs is 3. The van der Waals surface area contributed by atoms with Gasteiger partial charge in [-0.25, -0.2) is 0 Å². The molecule has 37 heavy (non-hydrogen) atoms. The van der Waals surface area contributed by atoms with Crippen LogP contribution in [0.4, 0.5) is 0 Å². The molecule has 0 radical (unpaired) electrons. The van der Waals surface area contributed by atoms with Crippen LogP contribution in [0.15, 0.2) is 91.0 Å². The van der Waals surface area contributed by atoms with Gasteiger partial charge < -0.3 is 9.84 Å². The third-order valence-corrected chi connectivity index (χ3v) is 8.20. The SMILES string of the molecule is CCC1(CC)c2ccccc2-c2ccc(-c3ccc(-c4ccc(OCCCCCCO)cc4)cc3)cc21. The molecule has 0 amide bonds. The van der Waals surface area contributed by atoms with Crippen LogP contribution in [0, 0.1) is 0 Å². The largest absolute Gasteiger partial charge is 0.494 e. The van der Waals surface area contributed by atoms with Crippen LogP contribution in [-0.2, 0) is 5.41 Å². The first-order valence-electron chi connectivity index (χ1n) is 13.9. The summed E-state index contributed by atoms with van der Waals surface area (Å²) in [6.45, 7) is 5.66. The molecule has 4 aromatic rings. The van der Waals surface area contributed by atoms with Crippen LogP contribution in [-0.4, -0.2) is 18.3 Å². The number of hydrogen-bond donors (Lipinski definition) is 1. The maximum Gasteiger partial charge on any atom is 0.119 e. The Morgan fingerprint density at radius 3 is 1.84 bits per heavy atom. The average Bonchev–Trinajstić information content (AvgIpc) is 3.25. The van der Waals surface area contributed by atoms with Gasteiger partial charge in [0.15, 0.2) is 0 Å². The molecule has 1 N–H and O–H groups in total. The van der Waals surface area contributed by atoms with Crippen molar-refractivity contribution in [2.24, 2.45) is 0 Å². The average molecular weight is 491 g/mol. The fraction of sp³-hybridized carbons (Fsp3) is 0.314. The van der Waals surface area contributed by atoms with Crippen molar-refractivity contribution < 1.29 is 9.84 Å². The van der Waals surface area contributed by atoms with Crippen LogP contribution in [0.3, 0.4) is 0 Å². The van der Waals surface area contributed by atoms with Crippen LogP contribution in [0.1, 0.15) is 63.5 Å². The van der Waals surface area contributed by atoms with Crippen LogP contribution < -0.4 is 4.74 Å². The lowest BCUT2D eigenvalue weighted by atomic mass is 9.73. The van der Waals surface area contributed by atoms with E-state index >= 15 is 0 Å². The van der Waals surface area contributed by atoms with Gasteiger partial charge in [0.1, 0.15) is 5.75 Å². The highest BCUT2D eigenvalue weighted by atomic mass is 16.5. The Balaban J connectivity index is 1.31. The van der Waals surface area contributed by atoms with Gasteiger partial charge in [-0.1, -0.05) is 93.1 Å². The maximum atomic E-state index is 8.86. The molecule has 0 heterocycles. The van der Waals surface area contributed by atoms with E-state index < -0.39 is 0 Å². The van der Waals surface area contributed by atoms with Crippen molar-refractivity contribution in [2.75, 3.05) is 13.2 Å². The predicted molar refractivity (Wildman–Crippen MR) is 155 cm³/mol. The van der Waals surface area contributed by atoms with E-state index in [0.717, 1.165) is 50.9 Å². The molecule has 2 nitrogen and oxygen atoms in total. The quantitative estimate of drug-likeness (QED) is 0.213. The fourth-order valence-corrected chi connectivity index (χ4v) is 6.00. The van der Waals surface area contributed by atoms with Crippen LogP contribution in [0.5, 0.6) is 5.75 Å². The first-order valence-corrected chi connectivity index (χ1v) is 13.9. The molecule has 1 aliphatic carbocycles. The summed E-state index contributed by atoms with van der Waals surface area (Å²) in [5, 5.41) is 8.86. The van der Waals surface area contributed by atoms with Crippen molar-refractivity contribution >= 4 is 0 Å². The van der Waals surface area contributed by atoms with Crippen molar-refractivity contribution in [3.8, 4) is 39.1 Å². The van der Waals surface area contributed by atoms with Gasteiger partial charge in [-0.05, 0) is 94.8 Å². The Morgan fingerprint density at radius 2 is 1.16 bits per heavy atom. The summed E-state index contributed by atoms with van der Waals surface area (Å²) in [7, 11) is 0. The van der Waals surface area contributed by atoms with Gasteiger partial charge in [-0.2, -0.15) is 0 Å². The van der Waals surface area contributed by atoms with Gasteiger partial charge in [-0.3, -0.25) is 0 Å². The third kappa shape index (κ3) is 4.95. The molecule has 0 fully saturated rings. The number of aliphatic hydroxyl groups excluding tert-OH is 1. The first-order chi connectivity index (χ1) is 18.2. The molecule has 190 valence electrons. The lowest BCUT2D eigenvalue weighted by molar-refractivity contribution is 0.273. The van der Waals surface area contributed by atoms with E-state index in [1.807, 2.05) is 0 Å². The number of aliphatic hydroxyl groups is 1. The minimum absolute atomic E-state index is 0.102. The number of ether oxygens (including phenoxy) is 1. The number of hydrogen-bond acceptors (Lipinski definition) is 2. The van der Waals surface area contributed by atoms with E-state index in [4.69, 9.17) is 9.84 Å². The van der Waals surface area contributed by atoms with E-state index in [2.05, 4.69) is 105 Å². The molecule has 0 saturated heterocycles. The highest BCUT2D eigenvalue weighted by Crippen LogP contribution is 2.53. The Labute approximate surface area is 222 Å². The van der Waals surface area contributed by atoms with E-state index in [1.165, 1.54) is 44.5 Å². The molecule has 0 saturated carbocycles. The maximum absolute atomic E-state index is 8.86. The van der Waals surface area contributed by atoms with Crippen LogP contribution in [0.2, 0.25) is 0 Å². The zero-order valence-corrected chi connectivity index (χ0v) is 22.2. The summed E-state index contributed by atoms with van der Waals surface area (Å²) < 4.78 is 5.89. The molecule has 4 aromatic carbocycles. The van der Waals surface area contributed by atoms with E-state index in [9.17, 15) is 0 Å². The van der Waals surface area contributed by atoms with Crippen LogP contribution in [0.25, 0.3) is 33.4 Å². The van der Waals surface area contributed by atoms with Gasteiger partial charge in [0.05, 0.1) is 6.61 Å². The smallest absolute Gasteiger partial charge is 0.119 e. The first kappa shape index (κ1) is 25.3. The molecule has 0 aliphatic heterocycles. The summed E-state index contributed by atoms with van der Waals surface area (Å²) in [4.78, 5) is 0. The summed E-state index contributed by atoms with van der Waals surface area (Å²) in [5.41, 5.74) is 10.8. The Hall–Kier alpha value is -3.36. The minimum atomic E-state index is 0.102. The number of benzene rings is 4. The monoisotopic (exact) mass is 490 g/mol. The van der Waals surface area contributed by atoms with Gasteiger partial charge in [0.25, 0.3) is 0 Å². The highest BCUT2D eigenvalue weighted by molar-refractivity contribution is 5.84. The van der Waals surface area contributed by atoms with E-state index in [0.29, 0.717) is 0 Å². The Kier molecular flexibility index (Phi) is 7.76. The second-order valence-electron chi connectivity index (χ2n) is 10.2. The third-order valence-electron chi connectivity index (χ3n) is 8.20. The normalized spacial score (nSPS) is 13.3. The number of rotatable bonds is 11. The molecular formula is C35H38O2. The fourth-order valence-electron chi connectivity index (χ4n) is 6.00. The van der Waals surface area contributed by atoms with Gasteiger partial charge in [-0.15, -0.1) is 0 Å². The van der Waals surface area contributed by atoms with Crippen molar-refractivity contribution in [1.82, 2.24) is 0 Å². The summed E-state index contributed by atoms with van der Waals surface area (Å²) in [5.74, 6) is 0.914. The van der Waals surface area contributed by atoms with Crippen molar-refractivity contribution in [3.05, 3.63) is 102 Å². The van der Waals surface area contributed by atoms with Crippen LogP contribution >= 0.6 is 0 Å². The van der Waals surface area contributed by atoms with Gasteiger partial charge >= 0.3 is 0 Å². The lowest BCUT2D eigenvalue weighted by Crippen LogP contribution is -2.23. The topological polar surface area (TPSA) is 29.5 Å². The molecule has 0 bridgehead atoms.